The zero-order chi connectivity index (χ0) is 10.9. The molecule has 0 aromatic heterocycles. The van der Waals surface area contributed by atoms with E-state index in [2.05, 4.69) is 5.32 Å². The van der Waals surface area contributed by atoms with Crippen LogP contribution in [0.25, 0.3) is 0 Å². The summed E-state index contributed by atoms with van der Waals surface area (Å²) >= 11 is 1.66. The Hall–Kier alpha value is 0.230. The van der Waals surface area contributed by atoms with Crippen molar-refractivity contribution in [3.63, 3.8) is 0 Å². The van der Waals surface area contributed by atoms with E-state index in [0.29, 0.717) is 6.54 Å². The van der Waals surface area contributed by atoms with Gasteiger partial charge in [0.15, 0.2) is 0 Å². The third kappa shape index (κ3) is 8.81. The van der Waals surface area contributed by atoms with Gasteiger partial charge in [-0.2, -0.15) is 11.8 Å². The van der Waals surface area contributed by atoms with E-state index in [1.54, 1.807) is 11.8 Å². The smallest absolute Gasteiger partial charge is 0.0833 e. The Kier molecular flexibility index (Phi) is 8.67. The average molecular weight is 221 g/mol. The van der Waals surface area contributed by atoms with E-state index in [4.69, 9.17) is 5.11 Å². The zero-order valence-electron chi connectivity index (χ0n) is 9.25. The first-order chi connectivity index (χ1) is 6.62. The first kappa shape index (κ1) is 14.2. The van der Waals surface area contributed by atoms with E-state index < -0.39 is 5.60 Å². The van der Waals surface area contributed by atoms with E-state index in [1.165, 1.54) is 0 Å². The standard InChI is InChI=1S/C10H23NO2S/c1-10(13,9-14-2)8-11-6-4-3-5-7-12/h11-13H,3-9H2,1-2H3. The van der Waals surface area contributed by atoms with Crippen molar-refractivity contribution >= 4 is 11.8 Å². The molecule has 0 aromatic carbocycles. The van der Waals surface area contributed by atoms with Crippen LogP contribution in [-0.4, -0.2) is 47.5 Å². The van der Waals surface area contributed by atoms with Crippen LogP contribution in [0.1, 0.15) is 26.2 Å². The Balaban J connectivity index is 3.26. The second-order valence-electron chi connectivity index (χ2n) is 3.89. The summed E-state index contributed by atoms with van der Waals surface area (Å²) in [6, 6.07) is 0. The highest BCUT2D eigenvalue weighted by atomic mass is 32.2. The second-order valence-corrected chi connectivity index (χ2v) is 4.76. The lowest BCUT2D eigenvalue weighted by Gasteiger charge is -2.22. The fraction of sp³-hybridized carbons (Fsp3) is 1.00. The molecule has 0 fully saturated rings. The van der Waals surface area contributed by atoms with Crippen molar-refractivity contribution in [2.45, 2.75) is 31.8 Å². The minimum Gasteiger partial charge on any atom is -0.396 e. The van der Waals surface area contributed by atoms with E-state index in [9.17, 15) is 5.11 Å². The predicted molar refractivity (Wildman–Crippen MR) is 62.8 cm³/mol. The molecule has 0 heterocycles. The molecule has 0 spiro atoms. The normalized spacial score (nSPS) is 15.4. The van der Waals surface area contributed by atoms with Crippen LogP contribution in [-0.2, 0) is 0 Å². The number of unbranched alkanes of at least 4 members (excludes halogenated alkanes) is 2. The van der Waals surface area contributed by atoms with Crippen LogP contribution in [0.3, 0.4) is 0 Å². The monoisotopic (exact) mass is 221 g/mol. The molecular weight excluding hydrogens is 198 g/mol. The molecule has 0 radical (unpaired) electrons. The molecule has 4 heteroatoms. The number of aliphatic hydroxyl groups excluding tert-OH is 1. The third-order valence-electron chi connectivity index (χ3n) is 1.97. The lowest BCUT2D eigenvalue weighted by atomic mass is 10.1. The lowest BCUT2D eigenvalue weighted by Crippen LogP contribution is -2.40. The highest BCUT2D eigenvalue weighted by molar-refractivity contribution is 7.98. The first-order valence-electron chi connectivity index (χ1n) is 5.15. The zero-order valence-corrected chi connectivity index (χ0v) is 10.1. The molecule has 0 aromatic rings. The summed E-state index contributed by atoms with van der Waals surface area (Å²) in [7, 11) is 0. The number of rotatable bonds is 9. The molecule has 0 aliphatic carbocycles. The molecule has 0 bridgehead atoms. The van der Waals surface area contributed by atoms with Gasteiger partial charge in [-0.05, 0) is 39.0 Å². The summed E-state index contributed by atoms with van der Waals surface area (Å²) in [5.74, 6) is 0.761. The molecule has 14 heavy (non-hydrogen) atoms. The van der Waals surface area contributed by atoms with Crippen molar-refractivity contribution < 1.29 is 10.2 Å². The SMILES string of the molecule is CSCC(C)(O)CNCCCCCO. The van der Waals surface area contributed by atoms with Crippen LogP contribution in [0, 0.1) is 0 Å². The van der Waals surface area contributed by atoms with Gasteiger partial charge in [-0.15, -0.1) is 0 Å². The molecular formula is C10H23NO2S. The number of aliphatic hydroxyl groups is 2. The Morgan fingerprint density at radius 2 is 2.00 bits per heavy atom. The van der Waals surface area contributed by atoms with Gasteiger partial charge in [-0.1, -0.05) is 0 Å². The second kappa shape index (κ2) is 8.53. The first-order valence-corrected chi connectivity index (χ1v) is 6.54. The van der Waals surface area contributed by atoms with Gasteiger partial charge in [0, 0.05) is 18.9 Å². The van der Waals surface area contributed by atoms with Crippen LogP contribution in [0.4, 0.5) is 0 Å². The molecule has 86 valence electrons. The quantitative estimate of drug-likeness (QED) is 0.505. The van der Waals surface area contributed by atoms with Gasteiger partial charge in [-0.25, -0.2) is 0 Å². The maximum absolute atomic E-state index is 9.79. The number of thioether (sulfide) groups is 1. The Morgan fingerprint density at radius 1 is 1.29 bits per heavy atom. The minimum absolute atomic E-state index is 0.282. The molecule has 0 amide bonds. The summed E-state index contributed by atoms with van der Waals surface area (Å²) in [6.45, 7) is 3.70. The van der Waals surface area contributed by atoms with Crippen LogP contribution >= 0.6 is 11.8 Å². The molecule has 1 atom stereocenters. The van der Waals surface area contributed by atoms with Gasteiger partial charge < -0.3 is 15.5 Å². The molecule has 0 rings (SSSR count). The van der Waals surface area contributed by atoms with Crippen molar-refractivity contribution in [3.8, 4) is 0 Å². The van der Waals surface area contributed by atoms with Gasteiger partial charge in [0.2, 0.25) is 0 Å². The minimum atomic E-state index is -0.601. The van der Waals surface area contributed by atoms with Gasteiger partial charge in [0.05, 0.1) is 5.60 Å². The summed E-state index contributed by atoms with van der Waals surface area (Å²) < 4.78 is 0. The summed E-state index contributed by atoms with van der Waals surface area (Å²) in [5, 5.41) is 21.6. The van der Waals surface area contributed by atoms with E-state index in [1.807, 2.05) is 13.2 Å². The van der Waals surface area contributed by atoms with E-state index in [0.717, 1.165) is 31.6 Å². The lowest BCUT2D eigenvalue weighted by molar-refractivity contribution is 0.0849. The molecule has 3 nitrogen and oxygen atoms in total. The third-order valence-corrected chi connectivity index (χ3v) is 2.88. The highest BCUT2D eigenvalue weighted by Gasteiger charge is 2.18. The molecule has 0 aliphatic rings. The van der Waals surface area contributed by atoms with Gasteiger partial charge in [-0.3, -0.25) is 0 Å². The van der Waals surface area contributed by atoms with Gasteiger partial charge in [0.25, 0.3) is 0 Å². The molecule has 1 unspecified atom stereocenters. The number of hydrogen-bond donors (Lipinski definition) is 3. The topological polar surface area (TPSA) is 52.5 Å². The van der Waals surface area contributed by atoms with E-state index in [-0.39, 0.29) is 6.61 Å². The molecule has 0 saturated carbocycles. The summed E-state index contributed by atoms with van der Waals surface area (Å²) in [6.07, 6.45) is 4.99. The predicted octanol–water partition coefficient (Wildman–Crippen LogP) is 0.853. The largest absolute Gasteiger partial charge is 0.396 e. The van der Waals surface area contributed by atoms with Gasteiger partial charge >= 0.3 is 0 Å². The Labute approximate surface area is 91.3 Å². The number of nitrogens with one attached hydrogen (secondary N) is 1. The van der Waals surface area contributed by atoms with Crippen molar-refractivity contribution in [2.75, 3.05) is 31.7 Å². The molecule has 0 aliphatic heterocycles. The maximum atomic E-state index is 9.79. The number of hydrogen-bond acceptors (Lipinski definition) is 4. The van der Waals surface area contributed by atoms with Crippen LogP contribution in [0.5, 0.6) is 0 Å². The fourth-order valence-electron chi connectivity index (χ4n) is 1.26. The van der Waals surface area contributed by atoms with Crippen molar-refractivity contribution in [2.24, 2.45) is 0 Å². The van der Waals surface area contributed by atoms with Crippen LogP contribution in [0.15, 0.2) is 0 Å². The Bertz CT molecular complexity index is 131. The summed E-state index contributed by atoms with van der Waals surface area (Å²) in [5.41, 5.74) is -0.601. The summed E-state index contributed by atoms with van der Waals surface area (Å²) in [4.78, 5) is 0. The highest BCUT2D eigenvalue weighted by Crippen LogP contribution is 2.08. The Morgan fingerprint density at radius 3 is 2.57 bits per heavy atom. The fourth-order valence-corrected chi connectivity index (χ4v) is 1.98. The average Bonchev–Trinajstić information content (AvgIpc) is 2.11. The van der Waals surface area contributed by atoms with E-state index >= 15 is 0 Å². The van der Waals surface area contributed by atoms with Crippen molar-refractivity contribution in [1.29, 1.82) is 0 Å². The van der Waals surface area contributed by atoms with Gasteiger partial charge in [0.1, 0.15) is 0 Å². The van der Waals surface area contributed by atoms with Crippen LogP contribution in [0.2, 0.25) is 0 Å². The van der Waals surface area contributed by atoms with Crippen molar-refractivity contribution in [1.82, 2.24) is 5.32 Å². The maximum Gasteiger partial charge on any atom is 0.0833 e. The van der Waals surface area contributed by atoms with Crippen LogP contribution < -0.4 is 5.32 Å². The molecule has 0 saturated heterocycles. The molecule has 3 N–H and O–H groups in total. The van der Waals surface area contributed by atoms with Crippen molar-refractivity contribution in [3.05, 3.63) is 0 Å².